The number of piperidine rings is 1. The molecule has 130 valence electrons. The largest absolute Gasteiger partial charge is 0.372 e. The van der Waals surface area contributed by atoms with Gasteiger partial charge in [0, 0.05) is 25.2 Å². The van der Waals surface area contributed by atoms with Crippen LogP contribution in [0.5, 0.6) is 0 Å². The maximum atomic E-state index is 12.5. The molecule has 7 nitrogen and oxygen atoms in total. The molecule has 24 heavy (non-hydrogen) atoms. The molecule has 0 atom stereocenters. The molecule has 0 aromatic carbocycles. The van der Waals surface area contributed by atoms with Crippen LogP contribution in [0, 0.1) is 10.1 Å². The van der Waals surface area contributed by atoms with E-state index in [-0.39, 0.29) is 18.4 Å². The van der Waals surface area contributed by atoms with Gasteiger partial charge < -0.3 is 15.0 Å². The number of imidazole rings is 1. The van der Waals surface area contributed by atoms with Crippen LogP contribution in [-0.4, -0.2) is 58.4 Å². The summed E-state index contributed by atoms with van der Waals surface area (Å²) in [6, 6.07) is 5.28. The number of aromatic nitrogens is 2. The van der Waals surface area contributed by atoms with Crippen LogP contribution in [0.1, 0.15) is 12.8 Å². The summed E-state index contributed by atoms with van der Waals surface area (Å²) in [6.07, 6.45) is 0.614. The van der Waals surface area contributed by atoms with Crippen molar-refractivity contribution in [2.24, 2.45) is 0 Å². The number of nitrogens with zero attached hydrogens (tertiary/aromatic N) is 5. The van der Waals surface area contributed by atoms with Gasteiger partial charge in [0.15, 0.2) is 0 Å². The summed E-state index contributed by atoms with van der Waals surface area (Å²) in [4.78, 5) is 19.0. The maximum absolute atomic E-state index is 12.5. The highest BCUT2D eigenvalue weighted by Crippen LogP contribution is 2.31. The van der Waals surface area contributed by atoms with Crippen molar-refractivity contribution < 1.29 is 13.7 Å². The Balaban J connectivity index is 1.78. The first kappa shape index (κ1) is 16.6. The van der Waals surface area contributed by atoms with Crippen LogP contribution in [0.4, 0.5) is 20.4 Å². The molecule has 1 aliphatic rings. The molecule has 0 bridgehead atoms. The monoisotopic (exact) mass is 339 g/mol. The predicted octanol–water partition coefficient (Wildman–Crippen LogP) is 2.41. The molecule has 0 N–H and O–H groups in total. The Labute approximate surface area is 137 Å². The Bertz CT molecular complexity index is 728. The quantitative estimate of drug-likeness (QED) is 0.618. The smallest absolute Gasteiger partial charge is 0.358 e. The molecule has 9 heteroatoms. The maximum Gasteiger partial charge on any atom is 0.372 e. The molecule has 2 aromatic rings. The highest BCUT2D eigenvalue weighted by atomic mass is 19.3. The van der Waals surface area contributed by atoms with Crippen LogP contribution < -0.4 is 4.90 Å². The predicted molar refractivity (Wildman–Crippen MR) is 85.7 cm³/mol. The van der Waals surface area contributed by atoms with Crippen molar-refractivity contribution in [3.63, 3.8) is 0 Å². The molecule has 1 aliphatic heterocycles. The second-order valence-electron chi connectivity index (χ2n) is 5.99. The summed E-state index contributed by atoms with van der Waals surface area (Å²) in [5, 5.41) is 11.5. The number of nitro groups is 1. The number of rotatable bonds is 5. The molecule has 0 saturated carbocycles. The average Bonchev–Trinajstić information content (AvgIpc) is 2.94. The van der Waals surface area contributed by atoms with E-state index in [2.05, 4.69) is 4.98 Å². The topological polar surface area (TPSA) is 66.9 Å². The zero-order chi connectivity index (χ0) is 17.3. The summed E-state index contributed by atoms with van der Waals surface area (Å²) in [6.45, 7) is 0.866. The van der Waals surface area contributed by atoms with E-state index in [1.807, 2.05) is 4.90 Å². The third-order valence-electron chi connectivity index (χ3n) is 4.47. The normalized spacial score (nSPS) is 16.5. The molecule has 0 radical (unpaired) electrons. The minimum absolute atomic E-state index is 0.0509. The minimum atomic E-state index is -2.35. The summed E-state index contributed by atoms with van der Waals surface area (Å²) in [5.74, 6) is 0.297. The number of fused-ring (bicyclic) bond motifs is 1. The highest BCUT2D eigenvalue weighted by Gasteiger charge is 2.31. The van der Waals surface area contributed by atoms with E-state index in [1.54, 1.807) is 36.3 Å². The summed E-state index contributed by atoms with van der Waals surface area (Å²) in [7, 11) is 1.69. The van der Waals surface area contributed by atoms with Crippen molar-refractivity contribution >= 4 is 17.3 Å². The second-order valence-corrected chi connectivity index (χ2v) is 5.99. The van der Waals surface area contributed by atoms with Crippen molar-refractivity contribution in [1.82, 2.24) is 14.3 Å². The fourth-order valence-electron chi connectivity index (χ4n) is 3.24. The van der Waals surface area contributed by atoms with Gasteiger partial charge in [0.25, 0.3) is 6.43 Å². The summed E-state index contributed by atoms with van der Waals surface area (Å²) >= 11 is 0. The van der Waals surface area contributed by atoms with Crippen molar-refractivity contribution in [2.75, 3.05) is 31.6 Å². The van der Waals surface area contributed by atoms with E-state index >= 15 is 0 Å². The fourth-order valence-corrected chi connectivity index (χ4v) is 3.24. The number of anilines is 1. The lowest BCUT2D eigenvalue weighted by molar-refractivity contribution is -0.389. The Morgan fingerprint density at radius 2 is 2.12 bits per heavy atom. The lowest BCUT2D eigenvalue weighted by atomic mass is 10.0. The van der Waals surface area contributed by atoms with Crippen LogP contribution in [0.2, 0.25) is 0 Å². The van der Waals surface area contributed by atoms with Gasteiger partial charge in [0.1, 0.15) is 0 Å². The molecule has 0 amide bonds. The molecule has 0 aliphatic carbocycles. The molecule has 3 heterocycles. The van der Waals surface area contributed by atoms with Gasteiger partial charge >= 0.3 is 5.82 Å². The Morgan fingerprint density at radius 1 is 1.42 bits per heavy atom. The number of pyridine rings is 1. The molecular weight excluding hydrogens is 320 g/mol. The zero-order valence-corrected chi connectivity index (χ0v) is 13.3. The van der Waals surface area contributed by atoms with Gasteiger partial charge in [-0.1, -0.05) is 6.07 Å². The molecule has 1 saturated heterocycles. The second kappa shape index (κ2) is 6.68. The summed E-state index contributed by atoms with van der Waals surface area (Å²) in [5.41, 5.74) is 0.524. The number of halogens is 2. The van der Waals surface area contributed by atoms with Crippen molar-refractivity contribution in [3.8, 4) is 0 Å². The van der Waals surface area contributed by atoms with Gasteiger partial charge in [-0.25, -0.2) is 8.78 Å². The van der Waals surface area contributed by atoms with Gasteiger partial charge in [-0.2, -0.15) is 9.38 Å². The number of hydrogen-bond acceptors (Lipinski definition) is 5. The standard InChI is InChI=1S/C15H19F2N5O2/c1-19(10-12(16)17)11-5-8-20(9-6-11)14-15(22(23)24)21-7-3-2-4-13(21)18-14/h2-4,7,11-12H,5-6,8-10H2,1H3. The van der Waals surface area contributed by atoms with Gasteiger partial charge in [-0.3, -0.25) is 4.90 Å². The van der Waals surface area contributed by atoms with Crippen molar-refractivity contribution in [3.05, 3.63) is 34.5 Å². The van der Waals surface area contributed by atoms with Gasteiger partial charge in [0.2, 0.25) is 11.5 Å². The van der Waals surface area contributed by atoms with Crippen LogP contribution >= 0.6 is 0 Å². The number of hydrogen-bond donors (Lipinski definition) is 0. The lowest BCUT2D eigenvalue weighted by Crippen LogP contribution is -2.45. The Morgan fingerprint density at radius 3 is 2.75 bits per heavy atom. The molecule has 0 unspecified atom stereocenters. The van der Waals surface area contributed by atoms with Crippen molar-refractivity contribution in [1.29, 1.82) is 0 Å². The molecular formula is C15H19F2N5O2. The average molecular weight is 339 g/mol. The van der Waals surface area contributed by atoms with Crippen molar-refractivity contribution in [2.45, 2.75) is 25.3 Å². The third kappa shape index (κ3) is 3.16. The molecule has 3 rings (SSSR count). The first-order valence-electron chi connectivity index (χ1n) is 7.82. The van der Waals surface area contributed by atoms with Crippen LogP contribution in [0.3, 0.4) is 0 Å². The van der Waals surface area contributed by atoms with E-state index in [0.717, 1.165) is 0 Å². The van der Waals surface area contributed by atoms with E-state index in [9.17, 15) is 18.9 Å². The summed E-state index contributed by atoms with van der Waals surface area (Å²) < 4.78 is 26.5. The SMILES string of the molecule is CN(CC(F)F)C1CCN(c2nc3ccccn3c2[N+](=O)[O-])CC1. The fraction of sp³-hybridized carbons (Fsp3) is 0.533. The number of alkyl halides is 2. The van der Waals surface area contributed by atoms with Crippen LogP contribution in [0.15, 0.2) is 24.4 Å². The molecule has 0 spiro atoms. The van der Waals surface area contributed by atoms with Crippen LogP contribution in [0.25, 0.3) is 5.65 Å². The first-order valence-corrected chi connectivity index (χ1v) is 7.82. The molecule has 1 fully saturated rings. The van der Waals surface area contributed by atoms with Gasteiger partial charge in [-0.05, 0) is 30.9 Å². The van der Waals surface area contributed by atoms with Gasteiger partial charge in [-0.15, -0.1) is 0 Å². The highest BCUT2D eigenvalue weighted by molar-refractivity contribution is 5.63. The molecule has 2 aromatic heterocycles. The van der Waals surface area contributed by atoms with Gasteiger partial charge in [0.05, 0.1) is 12.7 Å². The van der Waals surface area contributed by atoms with E-state index in [4.69, 9.17) is 0 Å². The van der Waals surface area contributed by atoms with E-state index < -0.39 is 11.3 Å². The van der Waals surface area contributed by atoms with E-state index in [0.29, 0.717) is 37.4 Å². The third-order valence-corrected chi connectivity index (χ3v) is 4.47. The minimum Gasteiger partial charge on any atom is -0.358 e. The van der Waals surface area contributed by atoms with Crippen LogP contribution in [-0.2, 0) is 0 Å². The Kier molecular flexibility index (Phi) is 4.61. The first-order chi connectivity index (χ1) is 11.5. The zero-order valence-electron chi connectivity index (χ0n) is 13.3. The van der Waals surface area contributed by atoms with E-state index in [1.165, 1.54) is 4.40 Å². The Hall–Kier alpha value is -2.29. The lowest BCUT2D eigenvalue weighted by Gasteiger charge is -2.36.